The molecule has 20 heavy (non-hydrogen) atoms. The SMILES string of the molecule is CC(=O)c1c(C)[nH]c(C(=O)NCCc2cccs2)c1C. The average molecular weight is 290 g/mol. The van der Waals surface area contributed by atoms with Crippen molar-refractivity contribution in [3.8, 4) is 0 Å². The van der Waals surface area contributed by atoms with Gasteiger partial charge in [-0.05, 0) is 44.2 Å². The third-order valence-corrected chi connectivity index (χ3v) is 4.19. The summed E-state index contributed by atoms with van der Waals surface area (Å²) in [6.45, 7) is 5.72. The number of hydrogen-bond donors (Lipinski definition) is 2. The molecule has 0 atom stereocenters. The quantitative estimate of drug-likeness (QED) is 0.832. The summed E-state index contributed by atoms with van der Waals surface area (Å²) in [5.41, 5.74) is 2.58. The Morgan fingerprint density at radius 3 is 2.65 bits per heavy atom. The molecule has 2 aromatic heterocycles. The molecule has 0 radical (unpaired) electrons. The second-order valence-corrected chi connectivity index (χ2v) is 5.80. The average Bonchev–Trinajstić information content (AvgIpc) is 2.97. The molecule has 0 unspecified atom stereocenters. The van der Waals surface area contributed by atoms with E-state index >= 15 is 0 Å². The van der Waals surface area contributed by atoms with Crippen molar-refractivity contribution in [1.82, 2.24) is 10.3 Å². The minimum Gasteiger partial charge on any atom is -0.354 e. The van der Waals surface area contributed by atoms with Crippen LogP contribution in [0.2, 0.25) is 0 Å². The van der Waals surface area contributed by atoms with Gasteiger partial charge in [-0.2, -0.15) is 0 Å². The first-order chi connectivity index (χ1) is 9.50. The maximum absolute atomic E-state index is 12.1. The number of H-pyrrole nitrogens is 1. The molecule has 106 valence electrons. The monoisotopic (exact) mass is 290 g/mol. The minimum atomic E-state index is -0.158. The first-order valence-electron chi connectivity index (χ1n) is 6.51. The molecule has 0 aromatic carbocycles. The van der Waals surface area contributed by atoms with Gasteiger partial charge < -0.3 is 10.3 Å². The lowest BCUT2D eigenvalue weighted by Crippen LogP contribution is -2.26. The zero-order valence-corrected chi connectivity index (χ0v) is 12.7. The summed E-state index contributed by atoms with van der Waals surface area (Å²) < 4.78 is 0. The minimum absolute atomic E-state index is 0.0196. The Morgan fingerprint density at radius 1 is 1.35 bits per heavy atom. The van der Waals surface area contributed by atoms with Crippen molar-refractivity contribution in [1.29, 1.82) is 0 Å². The molecule has 4 nitrogen and oxygen atoms in total. The van der Waals surface area contributed by atoms with Crippen molar-refractivity contribution in [2.75, 3.05) is 6.54 Å². The van der Waals surface area contributed by atoms with Crippen molar-refractivity contribution in [2.24, 2.45) is 0 Å². The van der Waals surface area contributed by atoms with Crippen LogP contribution in [0.1, 0.15) is 43.9 Å². The summed E-state index contributed by atoms with van der Waals surface area (Å²) in [6, 6.07) is 4.05. The number of hydrogen-bond acceptors (Lipinski definition) is 3. The summed E-state index contributed by atoms with van der Waals surface area (Å²) in [5.74, 6) is -0.177. The van der Waals surface area contributed by atoms with Crippen LogP contribution in [0, 0.1) is 13.8 Å². The van der Waals surface area contributed by atoms with E-state index in [-0.39, 0.29) is 11.7 Å². The molecule has 2 heterocycles. The molecule has 0 fully saturated rings. The van der Waals surface area contributed by atoms with E-state index in [9.17, 15) is 9.59 Å². The maximum atomic E-state index is 12.1. The van der Waals surface area contributed by atoms with Gasteiger partial charge in [0, 0.05) is 22.7 Å². The number of carbonyl (C=O) groups is 2. The van der Waals surface area contributed by atoms with Gasteiger partial charge in [0.2, 0.25) is 0 Å². The number of aromatic amines is 1. The standard InChI is InChI=1S/C15H18N2O2S/c1-9-13(11(3)18)10(2)17-14(9)15(19)16-7-6-12-5-4-8-20-12/h4-5,8,17H,6-7H2,1-3H3,(H,16,19). The molecule has 0 saturated carbocycles. The molecule has 0 aliphatic heterocycles. The van der Waals surface area contributed by atoms with Crippen LogP contribution < -0.4 is 5.32 Å². The molecule has 0 saturated heterocycles. The Hall–Kier alpha value is -1.88. The first kappa shape index (κ1) is 14.5. The highest BCUT2D eigenvalue weighted by molar-refractivity contribution is 7.09. The highest BCUT2D eigenvalue weighted by atomic mass is 32.1. The molecule has 0 aliphatic carbocycles. The zero-order chi connectivity index (χ0) is 14.7. The lowest BCUT2D eigenvalue weighted by molar-refractivity contribution is 0.0949. The molecule has 2 N–H and O–H groups in total. The predicted octanol–water partition coefficient (Wildman–Crippen LogP) is 2.87. The fraction of sp³-hybridized carbons (Fsp3) is 0.333. The van der Waals surface area contributed by atoms with E-state index in [1.165, 1.54) is 11.8 Å². The van der Waals surface area contributed by atoms with Gasteiger partial charge >= 0.3 is 0 Å². The number of ketones is 1. The summed E-state index contributed by atoms with van der Waals surface area (Å²) in [6.07, 6.45) is 0.821. The smallest absolute Gasteiger partial charge is 0.268 e. The Morgan fingerprint density at radius 2 is 2.10 bits per heavy atom. The first-order valence-corrected chi connectivity index (χ1v) is 7.39. The Balaban J connectivity index is 2.02. The van der Waals surface area contributed by atoms with Crippen molar-refractivity contribution in [2.45, 2.75) is 27.2 Å². The van der Waals surface area contributed by atoms with Crippen LogP contribution in [0.5, 0.6) is 0 Å². The van der Waals surface area contributed by atoms with E-state index in [1.54, 1.807) is 18.3 Å². The van der Waals surface area contributed by atoms with E-state index in [1.807, 2.05) is 18.4 Å². The normalized spacial score (nSPS) is 10.6. The number of nitrogens with one attached hydrogen (secondary N) is 2. The van der Waals surface area contributed by atoms with Crippen molar-refractivity contribution in [3.05, 3.63) is 44.9 Å². The topological polar surface area (TPSA) is 62.0 Å². The maximum Gasteiger partial charge on any atom is 0.268 e. The molecule has 5 heteroatoms. The number of rotatable bonds is 5. The summed E-state index contributed by atoms with van der Waals surface area (Å²) in [7, 11) is 0. The van der Waals surface area contributed by atoms with Gasteiger partial charge in [0.05, 0.1) is 0 Å². The number of carbonyl (C=O) groups excluding carboxylic acids is 2. The fourth-order valence-electron chi connectivity index (χ4n) is 2.35. The molecule has 0 bridgehead atoms. The Bertz CT molecular complexity index is 627. The summed E-state index contributed by atoms with van der Waals surface area (Å²) in [4.78, 5) is 27.9. The van der Waals surface area contributed by atoms with Gasteiger partial charge in [0.1, 0.15) is 5.69 Å². The van der Waals surface area contributed by atoms with E-state index in [0.29, 0.717) is 17.8 Å². The zero-order valence-electron chi connectivity index (χ0n) is 11.9. The predicted molar refractivity (Wildman–Crippen MR) is 80.6 cm³/mol. The number of aromatic nitrogens is 1. The van der Waals surface area contributed by atoms with Crippen LogP contribution in [0.3, 0.4) is 0 Å². The number of aryl methyl sites for hydroxylation is 1. The summed E-state index contributed by atoms with van der Waals surface area (Å²) >= 11 is 1.68. The Labute approximate surface area is 122 Å². The number of thiophene rings is 1. The third kappa shape index (κ3) is 2.99. The van der Waals surface area contributed by atoms with Gasteiger partial charge in [-0.1, -0.05) is 6.07 Å². The van der Waals surface area contributed by atoms with E-state index in [4.69, 9.17) is 0 Å². The highest BCUT2D eigenvalue weighted by Gasteiger charge is 2.19. The lowest BCUT2D eigenvalue weighted by Gasteiger charge is -2.04. The van der Waals surface area contributed by atoms with Gasteiger partial charge in [0.15, 0.2) is 5.78 Å². The fourth-order valence-corrected chi connectivity index (χ4v) is 3.06. The van der Waals surface area contributed by atoms with E-state index in [0.717, 1.165) is 17.7 Å². The van der Waals surface area contributed by atoms with Crippen molar-refractivity contribution < 1.29 is 9.59 Å². The molecule has 2 rings (SSSR count). The van der Waals surface area contributed by atoms with E-state index < -0.39 is 0 Å². The highest BCUT2D eigenvalue weighted by Crippen LogP contribution is 2.18. The molecular formula is C15H18N2O2S. The van der Waals surface area contributed by atoms with Crippen molar-refractivity contribution in [3.63, 3.8) is 0 Å². The number of amides is 1. The molecule has 0 aliphatic rings. The lowest BCUT2D eigenvalue weighted by atomic mass is 10.1. The van der Waals surface area contributed by atoms with Crippen LogP contribution in [0.25, 0.3) is 0 Å². The van der Waals surface area contributed by atoms with Gasteiger partial charge in [-0.15, -0.1) is 11.3 Å². The van der Waals surface area contributed by atoms with Crippen LogP contribution in [-0.2, 0) is 6.42 Å². The van der Waals surface area contributed by atoms with Crippen molar-refractivity contribution >= 4 is 23.0 Å². The third-order valence-electron chi connectivity index (χ3n) is 3.25. The summed E-state index contributed by atoms with van der Waals surface area (Å²) in [5, 5.41) is 4.91. The molecular weight excluding hydrogens is 272 g/mol. The van der Waals surface area contributed by atoms with Crippen LogP contribution >= 0.6 is 11.3 Å². The second kappa shape index (κ2) is 6.05. The largest absolute Gasteiger partial charge is 0.354 e. The van der Waals surface area contributed by atoms with Crippen LogP contribution in [0.15, 0.2) is 17.5 Å². The van der Waals surface area contributed by atoms with Gasteiger partial charge in [-0.25, -0.2) is 0 Å². The second-order valence-electron chi connectivity index (χ2n) is 4.77. The van der Waals surface area contributed by atoms with Gasteiger partial charge in [-0.3, -0.25) is 9.59 Å². The van der Waals surface area contributed by atoms with E-state index in [2.05, 4.69) is 16.4 Å². The van der Waals surface area contributed by atoms with Crippen LogP contribution in [0.4, 0.5) is 0 Å². The number of Topliss-reactive ketones (excluding diaryl/α,β-unsaturated/α-hetero) is 1. The van der Waals surface area contributed by atoms with Crippen LogP contribution in [-0.4, -0.2) is 23.2 Å². The molecule has 0 spiro atoms. The van der Waals surface area contributed by atoms with Gasteiger partial charge in [0.25, 0.3) is 5.91 Å². The molecule has 1 amide bonds. The molecule has 2 aromatic rings. The Kier molecular flexibility index (Phi) is 4.39.